The van der Waals surface area contributed by atoms with E-state index < -0.39 is 5.97 Å². The number of ether oxygens (including phenoxy) is 11. The summed E-state index contributed by atoms with van der Waals surface area (Å²) in [7, 11) is 0. The predicted molar refractivity (Wildman–Crippen MR) is 156 cm³/mol. The summed E-state index contributed by atoms with van der Waals surface area (Å²) < 4.78 is 59.1. The van der Waals surface area contributed by atoms with E-state index in [1.165, 1.54) is 0 Å². The maximum Gasteiger partial charge on any atom is 0.303 e. The highest BCUT2D eigenvalue weighted by Crippen LogP contribution is 1.89. The summed E-state index contributed by atoms with van der Waals surface area (Å²) in [5, 5.41) is 19.7. The van der Waals surface area contributed by atoms with Crippen LogP contribution in [0.1, 0.15) is 12.8 Å². The van der Waals surface area contributed by atoms with Gasteiger partial charge in [0.1, 0.15) is 0 Å². The lowest BCUT2D eigenvalue weighted by Crippen LogP contribution is -2.27. The molecule has 16 heteroatoms. The van der Waals surface area contributed by atoms with Gasteiger partial charge in [0.05, 0.1) is 158 Å². The van der Waals surface area contributed by atoms with Crippen molar-refractivity contribution >= 4 is 11.9 Å². The van der Waals surface area contributed by atoms with Gasteiger partial charge in [-0.1, -0.05) is 0 Å². The van der Waals surface area contributed by atoms with Crippen LogP contribution in [0.4, 0.5) is 0 Å². The van der Waals surface area contributed by atoms with Crippen molar-refractivity contribution in [1.82, 2.24) is 5.32 Å². The van der Waals surface area contributed by atoms with Crippen molar-refractivity contribution < 1.29 is 71.9 Å². The normalized spacial score (nSPS) is 11.3. The Hall–Kier alpha value is -1.54. The van der Waals surface area contributed by atoms with Crippen LogP contribution in [0.3, 0.4) is 0 Å². The number of nitrogens with one attached hydrogen (secondary N) is 1. The molecule has 0 fully saturated rings. The zero-order valence-electron chi connectivity index (χ0n) is 26.1. The smallest absolute Gasteiger partial charge is 0.303 e. The highest BCUT2D eigenvalue weighted by Gasteiger charge is 2.04. The third-order valence-electron chi connectivity index (χ3n) is 5.09. The lowest BCUT2D eigenvalue weighted by atomic mass is 10.3. The standard InChI is InChI=1S/C28H55NO15/c30-4-6-35-8-10-37-12-14-39-16-18-41-20-22-43-24-26-44-25-23-42-21-19-40-17-15-38-13-11-36-9-7-34-5-3-29-27(31)1-2-28(32)33/h30H,1-26H2,(H,29,31)(H,32,33). The van der Waals surface area contributed by atoms with Crippen LogP contribution < -0.4 is 5.32 Å². The minimum Gasteiger partial charge on any atom is -0.481 e. The van der Waals surface area contributed by atoms with Crippen LogP contribution >= 0.6 is 0 Å². The molecule has 0 unspecified atom stereocenters. The summed E-state index contributed by atoms with van der Waals surface area (Å²) in [6.45, 7) is 10.4. The van der Waals surface area contributed by atoms with Crippen LogP contribution in [0.15, 0.2) is 0 Å². The number of carbonyl (C=O) groups is 2. The Labute approximate surface area is 260 Å². The van der Waals surface area contributed by atoms with Gasteiger partial charge in [0.2, 0.25) is 5.91 Å². The van der Waals surface area contributed by atoms with Crippen molar-refractivity contribution in [2.24, 2.45) is 0 Å². The van der Waals surface area contributed by atoms with Crippen LogP contribution in [0.5, 0.6) is 0 Å². The molecule has 0 aromatic heterocycles. The third-order valence-corrected chi connectivity index (χ3v) is 5.09. The summed E-state index contributed by atoms with van der Waals surface area (Å²) in [4.78, 5) is 21.7. The summed E-state index contributed by atoms with van der Waals surface area (Å²) in [6, 6.07) is 0. The highest BCUT2D eigenvalue weighted by atomic mass is 16.6. The molecule has 0 heterocycles. The molecule has 0 radical (unpaired) electrons. The van der Waals surface area contributed by atoms with E-state index in [1.807, 2.05) is 0 Å². The molecule has 3 N–H and O–H groups in total. The van der Waals surface area contributed by atoms with Crippen LogP contribution in [-0.2, 0) is 61.7 Å². The van der Waals surface area contributed by atoms with E-state index in [-0.39, 0.29) is 25.4 Å². The number of carboxylic acid groups (broad SMARTS) is 1. The van der Waals surface area contributed by atoms with E-state index >= 15 is 0 Å². The van der Waals surface area contributed by atoms with Crippen LogP contribution in [-0.4, -0.2) is 181 Å². The molecule has 1 amide bonds. The fourth-order valence-corrected chi connectivity index (χ4v) is 2.94. The predicted octanol–water partition coefficient (Wildman–Crippen LogP) is -0.858. The van der Waals surface area contributed by atoms with Crippen molar-refractivity contribution in [3.8, 4) is 0 Å². The Bertz CT molecular complexity index is 603. The Kier molecular flexibility index (Phi) is 36.3. The summed E-state index contributed by atoms with van der Waals surface area (Å²) in [6.07, 6.45) is -0.217. The number of carbonyl (C=O) groups excluding carboxylic acids is 1. The second-order valence-corrected chi connectivity index (χ2v) is 8.70. The molecule has 262 valence electrons. The quantitative estimate of drug-likeness (QED) is 0.0704. The topological polar surface area (TPSA) is 188 Å². The first-order valence-corrected chi connectivity index (χ1v) is 15.1. The lowest BCUT2D eigenvalue weighted by Gasteiger charge is -2.09. The zero-order valence-corrected chi connectivity index (χ0v) is 26.1. The average Bonchev–Trinajstić information content (AvgIpc) is 3.02. The molecule has 44 heavy (non-hydrogen) atoms. The number of aliphatic carboxylic acids is 1. The Balaban J connectivity index is 3.08. The Morgan fingerprint density at radius 2 is 0.636 bits per heavy atom. The van der Waals surface area contributed by atoms with Crippen molar-refractivity contribution in [3.05, 3.63) is 0 Å². The first kappa shape index (κ1) is 42.5. The number of hydrogen-bond donors (Lipinski definition) is 3. The SMILES string of the molecule is O=C(O)CCC(=O)NCCOCCOCCOCCOCCOCCOCCOCCOCCOCCOCCOCCO. The van der Waals surface area contributed by atoms with Gasteiger partial charge in [0, 0.05) is 13.0 Å². The van der Waals surface area contributed by atoms with E-state index in [9.17, 15) is 9.59 Å². The molecule has 0 atom stereocenters. The summed E-state index contributed by atoms with van der Waals surface area (Å²) in [5.74, 6) is -1.30. The average molecular weight is 646 g/mol. The second-order valence-electron chi connectivity index (χ2n) is 8.70. The molecule has 0 bridgehead atoms. The largest absolute Gasteiger partial charge is 0.481 e. The van der Waals surface area contributed by atoms with Crippen LogP contribution in [0.25, 0.3) is 0 Å². The lowest BCUT2D eigenvalue weighted by molar-refractivity contribution is -0.138. The van der Waals surface area contributed by atoms with Gasteiger partial charge in [-0.3, -0.25) is 9.59 Å². The molecule has 0 aromatic carbocycles. The highest BCUT2D eigenvalue weighted by molar-refractivity contribution is 5.80. The molecule has 0 spiro atoms. The van der Waals surface area contributed by atoms with E-state index in [0.717, 1.165) is 0 Å². The molecule has 0 saturated carbocycles. The Morgan fingerprint density at radius 1 is 0.386 bits per heavy atom. The molecule has 0 saturated heterocycles. The van der Waals surface area contributed by atoms with E-state index in [0.29, 0.717) is 152 Å². The van der Waals surface area contributed by atoms with Gasteiger partial charge in [0.25, 0.3) is 0 Å². The van der Waals surface area contributed by atoms with Gasteiger partial charge in [-0.25, -0.2) is 0 Å². The van der Waals surface area contributed by atoms with Crippen LogP contribution in [0.2, 0.25) is 0 Å². The molecule has 16 nitrogen and oxygen atoms in total. The maximum absolute atomic E-state index is 11.3. The molecule has 0 aliphatic carbocycles. The number of aliphatic hydroxyl groups excluding tert-OH is 1. The molecular formula is C28H55NO15. The molecule has 0 aliphatic rings. The number of rotatable bonds is 38. The first-order chi connectivity index (χ1) is 21.7. The minimum atomic E-state index is -0.997. The van der Waals surface area contributed by atoms with Gasteiger partial charge in [0.15, 0.2) is 0 Å². The molecular weight excluding hydrogens is 590 g/mol. The molecule has 0 aliphatic heterocycles. The van der Waals surface area contributed by atoms with Gasteiger partial charge >= 0.3 is 5.97 Å². The second kappa shape index (κ2) is 37.6. The van der Waals surface area contributed by atoms with Crippen molar-refractivity contribution in [2.45, 2.75) is 12.8 Å². The van der Waals surface area contributed by atoms with Gasteiger partial charge in [-0.15, -0.1) is 0 Å². The maximum atomic E-state index is 11.3. The first-order valence-electron chi connectivity index (χ1n) is 15.1. The Morgan fingerprint density at radius 3 is 0.886 bits per heavy atom. The van der Waals surface area contributed by atoms with Crippen molar-refractivity contribution in [3.63, 3.8) is 0 Å². The van der Waals surface area contributed by atoms with Gasteiger partial charge < -0.3 is 67.6 Å². The monoisotopic (exact) mass is 645 g/mol. The van der Waals surface area contributed by atoms with Crippen molar-refractivity contribution in [2.75, 3.05) is 159 Å². The summed E-state index contributed by atoms with van der Waals surface area (Å²) >= 11 is 0. The molecule has 0 aromatic rings. The number of amides is 1. The summed E-state index contributed by atoms with van der Waals surface area (Å²) in [5.41, 5.74) is 0. The van der Waals surface area contributed by atoms with E-state index in [1.54, 1.807) is 0 Å². The third kappa shape index (κ3) is 38.5. The van der Waals surface area contributed by atoms with Gasteiger partial charge in [-0.2, -0.15) is 0 Å². The van der Waals surface area contributed by atoms with Crippen LogP contribution in [0, 0.1) is 0 Å². The zero-order chi connectivity index (χ0) is 32.0. The molecule has 0 rings (SSSR count). The number of hydrogen-bond acceptors (Lipinski definition) is 14. The number of aliphatic hydroxyl groups is 1. The fourth-order valence-electron chi connectivity index (χ4n) is 2.94. The fraction of sp³-hybridized carbons (Fsp3) is 0.929. The minimum absolute atomic E-state index is 0.0180. The van der Waals surface area contributed by atoms with Gasteiger partial charge in [-0.05, 0) is 0 Å². The number of carboxylic acids is 1. The van der Waals surface area contributed by atoms with E-state index in [2.05, 4.69) is 5.32 Å². The van der Waals surface area contributed by atoms with E-state index in [4.69, 9.17) is 62.3 Å². The van der Waals surface area contributed by atoms with Crippen molar-refractivity contribution in [1.29, 1.82) is 0 Å².